The summed E-state index contributed by atoms with van der Waals surface area (Å²) in [6.45, 7) is 1.30. The van der Waals surface area contributed by atoms with Crippen LogP contribution in [0.2, 0.25) is 10.0 Å². The van der Waals surface area contributed by atoms with E-state index in [9.17, 15) is 4.79 Å². The summed E-state index contributed by atoms with van der Waals surface area (Å²) in [5, 5.41) is 0.731. The molecule has 0 N–H and O–H groups in total. The third kappa shape index (κ3) is 3.85. The van der Waals surface area contributed by atoms with Gasteiger partial charge in [0.25, 0.3) is 0 Å². The summed E-state index contributed by atoms with van der Waals surface area (Å²) < 4.78 is 5.27. The molecule has 0 fully saturated rings. The number of Topliss-reactive ketones (excluding diaryl/α,β-unsaturated/α-hetero) is 1. The molecule has 1 aromatic heterocycles. The van der Waals surface area contributed by atoms with Crippen LogP contribution in [0.4, 0.5) is 0 Å². The minimum absolute atomic E-state index is 0.0104. The highest BCUT2D eigenvalue weighted by molar-refractivity contribution is 6.43. The van der Waals surface area contributed by atoms with Crippen LogP contribution >= 0.6 is 23.2 Å². The number of rotatable bonds is 6. The first-order chi connectivity index (χ1) is 9.58. The van der Waals surface area contributed by atoms with Gasteiger partial charge in [-0.1, -0.05) is 29.3 Å². The summed E-state index contributed by atoms with van der Waals surface area (Å²) in [4.78, 5) is 14.2. The van der Waals surface area contributed by atoms with Gasteiger partial charge < -0.3 is 4.42 Å². The van der Waals surface area contributed by atoms with Crippen molar-refractivity contribution >= 4 is 29.0 Å². The Hall–Kier alpha value is -1.29. The number of halogens is 2. The number of nitrogens with zero attached hydrogens (tertiary/aromatic N) is 1. The number of hydrogen-bond donors (Lipinski definition) is 0. The van der Waals surface area contributed by atoms with E-state index in [1.165, 1.54) is 0 Å². The van der Waals surface area contributed by atoms with Crippen LogP contribution in [0.25, 0.3) is 0 Å². The van der Waals surface area contributed by atoms with E-state index in [2.05, 4.69) is 0 Å². The molecule has 0 saturated carbocycles. The molecule has 5 heteroatoms. The Kier molecular flexibility index (Phi) is 5.24. The zero-order chi connectivity index (χ0) is 14.5. The third-order valence-electron chi connectivity index (χ3n) is 2.98. The molecular weight excluding hydrogens is 297 g/mol. The highest BCUT2D eigenvalue weighted by Gasteiger charge is 2.13. The summed E-state index contributed by atoms with van der Waals surface area (Å²) >= 11 is 11.9. The van der Waals surface area contributed by atoms with Gasteiger partial charge in [0, 0.05) is 18.5 Å². The standard InChI is InChI=1S/C15H15Cl2NO2/c1-18(10-11-4-3-9-20-11)8-7-14(19)12-5-2-6-13(16)15(12)17/h2-6,9H,7-8,10H2,1H3. The number of carbonyl (C=O) groups is 1. The van der Waals surface area contributed by atoms with Crippen LogP contribution in [0.15, 0.2) is 41.0 Å². The summed E-state index contributed by atoms with van der Waals surface area (Å²) in [6, 6.07) is 8.85. The zero-order valence-corrected chi connectivity index (χ0v) is 12.6. The maximum absolute atomic E-state index is 12.1. The number of hydrogen-bond acceptors (Lipinski definition) is 3. The Morgan fingerprint density at radius 1 is 1.25 bits per heavy atom. The van der Waals surface area contributed by atoms with Gasteiger partial charge in [-0.3, -0.25) is 9.69 Å². The molecule has 1 heterocycles. The largest absolute Gasteiger partial charge is 0.468 e. The quantitative estimate of drug-likeness (QED) is 0.746. The van der Waals surface area contributed by atoms with Crippen LogP contribution in [0, 0.1) is 0 Å². The molecule has 0 bridgehead atoms. The first-order valence-corrected chi connectivity index (χ1v) is 7.01. The lowest BCUT2D eigenvalue weighted by molar-refractivity contribution is 0.0966. The lowest BCUT2D eigenvalue weighted by Crippen LogP contribution is -2.21. The van der Waals surface area contributed by atoms with Crippen molar-refractivity contribution < 1.29 is 9.21 Å². The Bertz CT molecular complexity index is 582. The Labute approximate surface area is 128 Å². The monoisotopic (exact) mass is 311 g/mol. The SMILES string of the molecule is CN(CCC(=O)c1cccc(Cl)c1Cl)Cc1ccco1. The normalized spacial score (nSPS) is 11.0. The fraction of sp³-hybridized carbons (Fsp3) is 0.267. The molecule has 20 heavy (non-hydrogen) atoms. The van der Waals surface area contributed by atoms with Crippen molar-refractivity contribution in [2.24, 2.45) is 0 Å². The molecule has 0 aliphatic carbocycles. The fourth-order valence-corrected chi connectivity index (χ4v) is 2.30. The summed E-state index contributed by atoms with van der Waals surface area (Å²) in [6.07, 6.45) is 2.03. The average molecular weight is 312 g/mol. The van der Waals surface area contributed by atoms with Gasteiger partial charge in [0.05, 0.1) is 22.9 Å². The van der Waals surface area contributed by atoms with Crippen LogP contribution in [0.1, 0.15) is 22.5 Å². The van der Waals surface area contributed by atoms with Crippen molar-refractivity contribution in [3.05, 3.63) is 58.0 Å². The smallest absolute Gasteiger partial charge is 0.165 e. The lowest BCUT2D eigenvalue weighted by Gasteiger charge is -2.14. The molecule has 0 unspecified atom stereocenters. The maximum atomic E-state index is 12.1. The fourth-order valence-electron chi connectivity index (χ4n) is 1.89. The van der Waals surface area contributed by atoms with E-state index in [4.69, 9.17) is 27.6 Å². The van der Waals surface area contributed by atoms with E-state index in [0.717, 1.165) is 5.76 Å². The van der Waals surface area contributed by atoms with Crippen molar-refractivity contribution in [3.63, 3.8) is 0 Å². The van der Waals surface area contributed by atoms with E-state index in [1.54, 1.807) is 24.5 Å². The Morgan fingerprint density at radius 3 is 2.75 bits per heavy atom. The molecule has 2 aromatic rings. The van der Waals surface area contributed by atoms with Gasteiger partial charge in [0.1, 0.15) is 5.76 Å². The van der Waals surface area contributed by atoms with E-state index in [1.807, 2.05) is 24.1 Å². The van der Waals surface area contributed by atoms with Crippen LogP contribution in [-0.2, 0) is 6.54 Å². The second-order valence-corrected chi connectivity index (χ2v) is 5.38. The van der Waals surface area contributed by atoms with Crippen LogP contribution in [-0.4, -0.2) is 24.3 Å². The van der Waals surface area contributed by atoms with Crippen molar-refractivity contribution in [1.82, 2.24) is 4.90 Å². The Morgan fingerprint density at radius 2 is 2.05 bits per heavy atom. The molecule has 106 valence electrons. The first-order valence-electron chi connectivity index (χ1n) is 6.26. The van der Waals surface area contributed by atoms with Crippen LogP contribution < -0.4 is 0 Å². The molecule has 0 saturated heterocycles. The summed E-state index contributed by atoms with van der Waals surface area (Å²) in [7, 11) is 1.94. The summed E-state index contributed by atoms with van der Waals surface area (Å²) in [5.74, 6) is 0.865. The lowest BCUT2D eigenvalue weighted by atomic mass is 10.1. The van der Waals surface area contributed by atoms with Crippen molar-refractivity contribution in [2.45, 2.75) is 13.0 Å². The highest BCUT2D eigenvalue weighted by atomic mass is 35.5. The number of ketones is 1. The highest BCUT2D eigenvalue weighted by Crippen LogP contribution is 2.26. The molecular formula is C15H15Cl2NO2. The van der Waals surface area contributed by atoms with Crippen LogP contribution in [0.3, 0.4) is 0 Å². The van der Waals surface area contributed by atoms with Crippen molar-refractivity contribution in [1.29, 1.82) is 0 Å². The van der Waals surface area contributed by atoms with Gasteiger partial charge in [0.2, 0.25) is 0 Å². The minimum Gasteiger partial charge on any atom is -0.468 e. The van der Waals surface area contributed by atoms with Crippen LogP contribution in [0.5, 0.6) is 0 Å². The second-order valence-electron chi connectivity index (χ2n) is 4.59. The molecule has 0 radical (unpaired) electrons. The first kappa shape index (κ1) is 15.1. The molecule has 0 aliphatic rings. The van der Waals surface area contributed by atoms with Gasteiger partial charge in [-0.25, -0.2) is 0 Å². The molecule has 0 spiro atoms. The van der Waals surface area contributed by atoms with Gasteiger partial charge in [0.15, 0.2) is 5.78 Å². The van der Waals surface area contributed by atoms with Gasteiger partial charge in [-0.05, 0) is 31.3 Å². The molecule has 1 aromatic carbocycles. The van der Waals surface area contributed by atoms with E-state index >= 15 is 0 Å². The molecule has 3 nitrogen and oxygen atoms in total. The molecule has 2 rings (SSSR count). The van der Waals surface area contributed by atoms with E-state index < -0.39 is 0 Å². The Balaban J connectivity index is 1.90. The van der Waals surface area contributed by atoms with Gasteiger partial charge in [-0.2, -0.15) is 0 Å². The molecule has 0 atom stereocenters. The minimum atomic E-state index is -0.0104. The number of carbonyl (C=O) groups excluding carboxylic acids is 1. The van der Waals surface area contributed by atoms with Crippen molar-refractivity contribution in [3.8, 4) is 0 Å². The van der Waals surface area contributed by atoms with E-state index in [0.29, 0.717) is 35.1 Å². The molecule has 0 amide bonds. The van der Waals surface area contributed by atoms with E-state index in [-0.39, 0.29) is 5.78 Å². The number of benzene rings is 1. The maximum Gasteiger partial charge on any atom is 0.165 e. The zero-order valence-electron chi connectivity index (χ0n) is 11.1. The second kappa shape index (κ2) is 6.93. The van der Waals surface area contributed by atoms with Crippen molar-refractivity contribution in [2.75, 3.05) is 13.6 Å². The molecule has 0 aliphatic heterocycles. The predicted octanol–water partition coefficient (Wildman–Crippen LogP) is 4.29. The summed E-state index contributed by atoms with van der Waals surface area (Å²) in [5.41, 5.74) is 0.477. The number of furan rings is 1. The third-order valence-corrected chi connectivity index (χ3v) is 3.80. The average Bonchev–Trinajstić information content (AvgIpc) is 2.92. The van der Waals surface area contributed by atoms with Gasteiger partial charge >= 0.3 is 0 Å². The predicted molar refractivity (Wildman–Crippen MR) is 80.5 cm³/mol. The van der Waals surface area contributed by atoms with Gasteiger partial charge in [-0.15, -0.1) is 0 Å². The topological polar surface area (TPSA) is 33.5 Å².